The predicted octanol–water partition coefficient (Wildman–Crippen LogP) is 4.96. The summed E-state index contributed by atoms with van der Waals surface area (Å²) in [6.07, 6.45) is 10.0. The summed E-state index contributed by atoms with van der Waals surface area (Å²) in [6.45, 7) is 0. The van der Waals surface area contributed by atoms with Gasteiger partial charge in [-0.3, -0.25) is 0 Å². The summed E-state index contributed by atoms with van der Waals surface area (Å²) in [5.74, 6) is 2.15. The summed E-state index contributed by atoms with van der Waals surface area (Å²) in [6, 6.07) is 5.00. The fourth-order valence-corrected chi connectivity index (χ4v) is 4.57. The molecule has 116 valence electrons. The molecule has 0 heterocycles. The molecule has 1 nitrogen and oxygen atoms in total. The molecule has 4 atom stereocenters. The van der Waals surface area contributed by atoms with Crippen LogP contribution in [0.1, 0.15) is 50.5 Å². The molecule has 1 aromatic carbocycles. The largest absolute Gasteiger partial charge is 0.327 e. The first-order chi connectivity index (χ1) is 10.1. The number of hydrogen-bond donors (Lipinski definition) is 1. The number of rotatable bonds is 3. The zero-order valence-electron chi connectivity index (χ0n) is 12.5. The monoisotopic (exact) mass is 309 g/mol. The third kappa shape index (κ3) is 3.60. The zero-order valence-corrected chi connectivity index (χ0v) is 13.3. The summed E-state index contributed by atoms with van der Waals surface area (Å²) in [7, 11) is 0. The van der Waals surface area contributed by atoms with Crippen LogP contribution in [-0.4, -0.2) is 6.04 Å². The lowest BCUT2D eigenvalue weighted by molar-refractivity contribution is 0.117. The maximum absolute atomic E-state index is 13.9. The van der Waals surface area contributed by atoms with E-state index in [0.29, 0.717) is 22.9 Å². The third-order valence-electron chi connectivity index (χ3n) is 5.66. The van der Waals surface area contributed by atoms with Crippen molar-refractivity contribution >= 4 is 11.6 Å². The SMILES string of the molecule is NC(Cc1ccc(Cl)cc1F)C1CCC2CCCCC2C1. The van der Waals surface area contributed by atoms with Crippen molar-refractivity contribution in [1.29, 1.82) is 0 Å². The standard InChI is InChI=1S/C18H25ClFN/c19-16-8-7-14(17(20)11-16)10-18(21)15-6-5-12-3-1-2-4-13(12)9-15/h7-8,11-13,15,18H,1-6,9-10,21H2. The minimum absolute atomic E-state index is 0.0727. The van der Waals surface area contributed by atoms with Crippen LogP contribution in [-0.2, 0) is 6.42 Å². The molecule has 3 heteroatoms. The number of halogens is 2. The molecule has 0 aliphatic heterocycles. The Morgan fingerprint density at radius 1 is 1.14 bits per heavy atom. The second kappa shape index (κ2) is 6.66. The smallest absolute Gasteiger partial charge is 0.127 e. The van der Waals surface area contributed by atoms with Crippen LogP contribution in [0.15, 0.2) is 18.2 Å². The molecule has 21 heavy (non-hydrogen) atoms. The van der Waals surface area contributed by atoms with Crippen molar-refractivity contribution < 1.29 is 4.39 Å². The maximum Gasteiger partial charge on any atom is 0.127 e. The van der Waals surface area contributed by atoms with Gasteiger partial charge in [0.25, 0.3) is 0 Å². The summed E-state index contributed by atoms with van der Waals surface area (Å²) in [4.78, 5) is 0. The van der Waals surface area contributed by atoms with E-state index >= 15 is 0 Å². The second-order valence-electron chi connectivity index (χ2n) is 6.98. The molecule has 1 aromatic rings. The Morgan fingerprint density at radius 3 is 2.67 bits per heavy atom. The Hall–Kier alpha value is -0.600. The van der Waals surface area contributed by atoms with Gasteiger partial charge in [-0.15, -0.1) is 0 Å². The second-order valence-corrected chi connectivity index (χ2v) is 7.42. The number of benzene rings is 1. The van der Waals surface area contributed by atoms with Crippen molar-refractivity contribution in [2.75, 3.05) is 0 Å². The lowest BCUT2D eigenvalue weighted by atomic mass is 9.66. The molecular weight excluding hydrogens is 285 g/mol. The van der Waals surface area contributed by atoms with Crippen molar-refractivity contribution in [2.24, 2.45) is 23.5 Å². The zero-order chi connectivity index (χ0) is 14.8. The van der Waals surface area contributed by atoms with Gasteiger partial charge in [-0.05, 0) is 61.1 Å². The third-order valence-corrected chi connectivity index (χ3v) is 5.89. The van der Waals surface area contributed by atoms with Crippen molar-refractivity contribution in [3.63, 3.8) is 0 Å². The van der Waals surface area contributed by atoms with Crippen molar-refractivity contribution in [1.82, 2.24) is 0 Å². The van der Waals surface area contributed by atoms with Crippen LogP contribution in [0.4, 0.5) is 4.39 Å². The van der Waals surface area contributed by atoms with Crippen LogP contribution in [0, 0.1) is 23.6 Å². The van der Waals surface area contributed by atoms with E-state index in [4.69, 9.17) is 17.3 Å². The van der Waals surface area contributed by atoms with Crippen LogP contribution in [0.25, 0.3) is 0 Å². The molecule has 2 fully saturated rings. The fraction of sp³-hybridized carbons (Fsp3) is 0.667. The summed E-state index contributed by atoms with van der Waals surface area (Å²) >= 11 is 5.81. The molecule has 0 aromatic heterocycles. The lowest BCUT2D eigenvalue weighted by Gasteiger charge is -2.41. The predicted molar refractivity (Wildman–Crippen MR) is 85.9 cm³/mol. The molecule has 0 spiro atoms. The van der Waals surface area contributed by atoms with Crippen LogP contribution in [0.3, 0.4) is 0 Å². The summed E-state index contributed by atoms with van der Waals surface area (Å²) < 4.78 is 13.9. The Balaban J connectivity index is 1.61. The van der Waals surface area contributed by atoms with Crippen molar-refractivity contribution in [3.05, 3.63) is 34.6 Å². The van der Waals surface area contributed by atoms with E-state index in [1.54, 1.807) is 12.1 Å². The molecular formula is C18H25ClFN. The Bertz CT molecular complexity index is 490. The first kappa shape index (κ1) is 15.3. The van der Waals surface area contributed by atoms with Gasteiger partial charge in [0.05, 0.1) is 0 Å². The summed E-state index contributed by atoms with van der Waals surface area (Å²) in [5.41, 5.74) is 7.12. The normalized spacial score (nSPS) is 30.7. The minimum Gasteiger partial charge on any atom is -0.327 e. The maximum atomic E-state index is 13.9. The number of nitrogens with two attached hydrogens (primary N) is 1. The quantitative estimate of drug-likeness (QED) is 0.839. The number of fused-ring (bicyclic) bond motifs is 1. The van der Waals surface area contributed by atoms with Gasteiger partial charge in [-0.25, -0.2) is 4.39 Å². The molecule has 0 amide bonds. The molecule has 2 N–H and O–H groups in total. The van der Waals surface area contributed by atoms with Crippen molar-refractivity contribution in [2.45, 2.75) is 57.4 Å². The van der Waals surface area contributed by atoms with E-state index in [0.717, 1.165) is 11.8 Å². The topological polar surface area (TPSA) is 26.0 Å². The van der Waals surface area contributed by atoms with Gasteiger partial charge in [0.2, 0.25) is 0 Å². The lowest BCUT2D eigenvalue weighted by Crippen LogP contribution is -2.39. The van der Waals surface area contributed by atoms with Gasteiger partial charge in [0.1, 0.15) is 5.82 Å². The van der Waals surface area contributed by atoms with Crippen LogP contribution in [0.5, 0.6) is 0 Å². The average molecular weight is 310 g/mol. The van der Waals surface area contributed by atoms with Crippen molar-refractivity contribution in [3.8, 4) is 0 Å². The highest BCUT2D eigenvalue weighted by Gasteiger charge is 2.34. The molecule has 2 aliphatic rings. The fourth-order valence-electron chi connectivity index (χ4n) is 4.41. The van der Waals surface area contributed by atoms with Gasteiger partial charge in [-0.1, -0.05) is 43.4 Å². The molecule has 0 bridgehead atoms. The first-order valence-corrected chi connectivity index (χ1v) is 8.71. The van der Waals surface area contributed by atoms with E-state index in [1.807, 2.05) is 0 Å². The Kier molecular flexibility index (Phi) is 4.85. The van der Waals surface area contributed by atoms with E-state index in [2.05, 4.69) is 0 Å². The van der Waals surface area contributed by atoms with E-state index in [9.17, 15) is 4.39 Å². The highest BCUT2D eigenvalue weighted by atomic mass is 35.5. The van der Waals surface area contributed by atoms with Crippen LogP contribution in [0.2, 0.25) is 5.02 Å². The number of hydrogen-bond acceptors (Lipinski definition) is 1. The highest BCUT2D eigenvalue weighted by Crippen LogP contribution is 2.43. The molecule has 3 rings (SSSR count). The Labute approximate surface area is 132 Å². The molecule has 0 radical (unpaired) electrons. The molecule has 2 saturated carbocycles. The van der Waals surface area contributed by atoms with Crippen LogP contribution >= 0.6 is 11.6 Å². The minimum atomic E-state index is -0.218. The van der Waals surface area contributed by atoms with Gasteiger partial charge >= 0.3 is 0 Å². The van der Waals surface area contributed by atoms with E-state index in [-0.39, 0.29) is 11.9 Å². The highest BCUT2D eigenvalue weighted by molar-refractivity contribution is 6.30. The van der Waals surface area contributed by atoms with Gasteiger partial charge in [0.15, 0.2) is 0 Å². The average Bonchev–Trinajstić information content (AvgIpc) is 2.49. The molecule has 2 aliphatic carbocycles. The summed E-state index contributed by atoms with van der Waals surface area (Å²) in [5, 5.41) is 0.451. The Morgan fingerprint density at radius 2 is 1.90 bits per heavy atom. The van der Waals surface area contributed by atoms with Gasteiger partial charge < -0.3 is 5.73 Å². The first-order valence-electron chi connectivity index (χ1n) is 8.33. The van der Waals surface area contributed by atoms with E-state index in [1.165, 1.54) is 51.0 Å². The molecule has 4 unspecified atom stereocenters. The van der Waals surface area contributed by atoms with Gasteiger partial charge in [-0.2, -0.15) is 0 Å². The molecule has 0 saturated heterocycles. The van der Waals surface area contributed by atoms with E-state index < -0.39 is 0 Å². The van der Waals surface area contributed by atoms with Crippen LogP contribution < -0.4 is 5.73 Å². The van der Waals surface area contributed by atoms with Gasteiger partial charge in [0, 0.05) is 11.1 Å².